The zero-order valence-electron chi connectivity index (χ0n) is 12.0. The van der Waals surface area contributed by atoms with Gasteiger partial charge in [0.15, 0.2) is 5.82 Å². The minimum Gasteiger partial charge on any atom is -0.339 e. The smallest absolute Gasteiger partial charge is 0.339 e. The van der Waals surface area contributed by atoms with Gasteiger partial charge in [0.25, 0.3) is 5.56 Å². The Morgan fingerprint density at radius 3 is 2.45 bits per heavy atom. The number of aromatic nitrogens is 3. The summed E-state index contributed by atoms with van der Waals surface area (Å²) in [4.78, 5) is 15.9. The number of pyridine rings is 1. The summed E-state index contributed by atoms with van der Waals surface area (Å²) >= 11 is 5.57. The van der Waals surface area contributed by atoms with Crippen molar-refractivity contribution in [3.05, 3.63) is 44.9 Å². The normalized spacial score (nSPS) is 12.7. The average molecular weight is 336 g/mol. The molecule has 0 aromatic carbocycles. The van der Waals surface area contributed by atoms with Crippen molar-refractivity contribution in [1.29, 1.82) is 0 Å². The third-order valence-electron chi connectivity index (χ3n) is 2.79. The Hall–Kier alpha value is -1.83. The lowest BCUT2D eigenvalue weighted by Gasteiger charge is -2.11. The van der Waals surface area contributed by atoms with E-state index >= 15 is 0 Å². The predicted octanol–water partition coefficient (Wildman–Crippen LogP) is 3.25. The number of halogens is 4. The van der Waals surface area contributed by atoms with E-state index in [0.717, 1.165) is 4.57 Å². The number of hydrogen-bond donors (Lipinski definition) is 0. The van der Waals surface area contributed by atoms with Gasteiger partial charge in [0.2, 0.25) is 5.89 Å². The Balaban J connectivity index is 2.39. The summed E-state index contributed by atoms with van der Waals surface area (Å²) in [7, 11) is 0. The molecule has 0 fully saturated rings. The molecule has 0 aliphatic carbocycles. The highest BCUT2D eigenvalue weighted by Gasteiger charge is 2.32. The monoisotopic (exact) mass is 335 g/mol. The molecule has 0 amide bonds. The second-order valence-electron chi connectivity index (χ2n) is 5.77. The molecule has 22 heavy (non-hydrogen) atoms. The van der Waals surface area contributed by atoms with Crippen LogP contribution in [-0.4, -0.2) is 14.7 Å². The van der Waals surface area contributed by atoms with E-state index in [0.29, 0.717) is 18.2 Å². The molecule has 2 aromatic heterocycles. The van der Waals surface area contributed by atoms with Crippen molar-refractivity contribution in [3.8, 4) is 0 Å². The van der Waals surface area contributed by atoms with E-state index in [4.69, 9.17) is 16.1 Å². The molecule has 5 nitrogen and oxygen atoms in total. The van der Waals surface area contributed by atoms with Gasteiger partial charge in [-0.05, 0) is 6.07 Å². The molecule has 0 atom stereocenters. The zero-order chi connectivity index (χ0) is 16.7. The summed E-state index contributed by atoms with van der Waals surface area (Å²) in [6.45, 7) is 5.27. The van der Waals surface area contributed by atoms with Crippen LogP contribution in [0.2, 0.25) is 5.02 Å². The van der Waals surface area contributed by atoms with Gasteiger partial charge in [-0.3, -0.25) is 4.79 Å². The highest BCUT2D eigenvalue weighted by Crippen LogP contribution is 2.29. The summed E-state index contributed by atoms with van der Waals surface area (Å²) in [5.41, 5.74) is -2.17. The van der Waals surface area contributed by atoms with E-state index in [1.807, 2.05) is 20.8 Å². The first-order valence-electron chi connectivity index (χ1n) is 6.29. The number of rotatable bonds is 2. The number of nitrogens with zero attached hydrogens (tertiary/aromatic N) is 3. The van der Waals surface area contributed by atoms with Gasteiger partial charge in [-0.25, -0.2) is 0 Å². The molecule has 0 N–H and O–H groups in total. The fourth-order valence-electron chi connectivity index (χ4n) is 1.65. The minimum atomic E-state index is -4.60. The lowest BCUT2D eigenvalue weighted by atomic mass is 9.97. The minimum absolute atomic E-state index is 0.0995. The maximum absolute atomic E-state index is 12.8. The molecule has 2 heterocycles. The molecule has 0 radical (unpaired) electrons. The first kappa shape index (κ1) is 16.5. The van der Waals surface area contributed by atoms with Crippen molar-refractivity contribution in [3.63, 3.8) is 0 Å². The van der Waals surface area contributed by atoms with Gasteiger partial charge in [0.05, 0.1) is 12.1 Å². The fraction of sp³-hybridized carbons (Fsp3) is 0.462. The second-order valence-corrected chi connectivity index (χ2v) is 6.18. The predicted molar refractivity (Wildman–Crippen MR) is 72.8 cm³/mol. The average Bonchev–Trinajstić information content (AvgIpc) is 2.81. The van der Waals surface area contributed by atoms with E-state index in [9.17, 15) is 18.0 Å². The van der Waals surface area contributed by atoms with Gasteiger partial charge in [-0.1, -0.05) is 37.5 Å². The molecular weight excluding hydrogens is 323 g/mol. The van der Waals surface area contributed by atoms with Crippen molar-refractivity contribution in [1.82, 2.24) is 14.7 Å². The Morgan fingerprint density at radius 2 is 1.95 bits per heavy atom. The quantitative estimate of drug-likeness (QED) is 0.845. The van der Waals surface area contributed by atoms with Crippen LogP contribution < -0.4 is 5.56 Å². The highest BCUT2D eigenvalue weighted by atomic mass is 35.5. The Bertz CT molecular complexity index is 744. The molecule has 0 saturated heterocycles. The lowest BCUT2D eigenvalue weighted by Crippen LogP contribution is -2.24. The fourth-order valence-corrected chi connectivity index (χ4v) is 1.87. The van der Waals surface area contributed by atoms with Crippen LogP contribution in [0.4, 0.5) is 13.2 Å². The van der Waals surface area contributed by atoms with E-state index < -0.39 is 27.7 Å². The Labute approximate surface area is 128 Å². The summed E-state index contributed by atoms with van der Waals surface area (Å²) in [6.07, 6.45) is -3.92. The van der Waals surface area contributed by atoms with E-state index in [1.54, 1.807) is 0 Å². The molecule has 120 valence electrons. The summed E-state index contributed by atoms with van der Waals surface area (Å²) in [6, 6.07) is 0.594. The maximum Gasteiger partial charge on any atom is 0.417 e. The van der Waals surface area contributed by atoms with Gasteiger partial charge in [0, 0.05) is 11.6 Å². The second kappa shape index (κ2) is 5.42. The summed E-state index contributed by atoms with van der Waals surface area (Å²) in [5, 5.41) is 3.15. The van der Waals surface area contributed by atoms with Gasteiger partial charge in [0.1, 0.15) is 5.02 Å². The molecule has 0 saturated carbocycles. The number of alkyl halides is 3. The van der Waals surface area contributed by atoms with Crippen LogP contribution in [0.3, 0.4) is 0 Å². The van der Waals surface area contributed by atoms with Crippen LogP contribution >= 0.6 is 11.6 Å². The molecule has 0 aliphatic rings. The van der Waals surface area contributed by atoms with Gasteiger partial charge >= 0.3 is 6.18 Å². The van der Waals surface area contributed by atoms with Crippen molar-refractivity contribution in [2.75, 3.05) is 0 Å². The van der Waals surface area contributed by atoms with Crippen LogP contribution in [0, 0.1) is 0 Å². The molecule has 9 heteroatoms. The van der Waals surface area contributed by atoms with Gasteiger partial charge in [-0.2, -0.15) is 18.2 Å². The van der Waals surface area contributed by atoms with Gasteiger partial charge in [-0.15, -0.1) is 0 Å². The molecule has 2 rings (SSSR count). The Kier molecular flexibility index (Phi) is 4.08. The van der Waals surface area contributed by atoms with Crippen LogP contribution in [0.5, 0.6) is 0 Å². The first-order chi connectivity index (χ1) is 9.98. The third kappa shape index (κ3) is 3.49. The summed E-state index contributed by atoms with van der Waals surface area (Å²) in [5.74, 6) is 0.427. The zero-order valence-corrected chi connectivity index (χ0v) is 12.8. The molecule has 2 aromatic rings. The molecule has 0 bridgehead atoms. The third-order valence-corrected chi connectivity index (χ3v) is 3.06. The van der Waals surface area contributed by atoms with Crippen LogP contribution in [0.15, 0.2) is 21.6 Å². The maximum atomic E-state index is 12.8. The van der Waals surface area contributed by atoms with Crippen LogP contribution in [-0.2, 0) is 18.1 Å². The lowest BCUT2D eigenvalue weighted by molar-refractivity contribution is -0.138. The number of hydrogen-bond acceptors (Lipinski definition) is 4. The van der Waals surface area contributed by atoms with Crippen molar-refractivity contribution in [2.24, 2.45) is 0 Å². The molecule has 0 spiro atoms. The van der Waals surface area contributed by atoms with Crippen molar-refractivity contribution in [2.45, 2.75) is 38.9 Å². The first-order valence-corrected chi connectivity index (χ1v) is 6.66. The highest BCUT2D eigenvalue weighted by molar-refractivity contribution is 6.30. The molecule has 0 aliphatic heterocycles. The standard InChI is InChI=1S/C13H13ClF3N3O2/c1-12(2,3)11-18-9(19-22-11)6-20-5-7(13(15,16)17)4-8(14)10(20)21/h4-5H,6H2,1-3H3. The molecule has 0 unspecified atom stereocenters. The van der Waals surface area contributed by atoms with Crippen LogP contribution in [0.25, 0.3) is 0 Å². The van der Waals surface area contributed by atoms with E-state index in [1.165, 1.54) is 0 Å². The molecular formula is C13H13ClF3N3O2. The van der Waals surface area contributed by atoms with E-state index in [-0.39, 0.29) is 12.4 Å². The van der Waals surface area contributed by atoms with Gasteiger partial charge < -0.3 is 9.09 Å². The topological polar surface area (TPSA) is 60.9 Å². The van der Waals surface area contributed by atoms with Crippen molar-refractivity contribution < 1.29 is 17.7 Å². The summed E-state index contributed by atoms with van der Waals surface area (Å²) < 4.78 is 44.1. The Morgan fingerprint density at radius 1 is 1.32 bits per heavy atom. The van der Waals surface area contributed by atoms with Crippen molar-refractivity contribution >= 4 is 11.6 Å². The van der Waals surface area contributed by atoms with Crippen LogP contribution in [0.1, 0.15) is 38.0 Å². The van der Waals surface area contributed by atoms with E-state index in [2.05, 4.69) is 10.1 Å². The SMILES string of the molecule is CC(C)(C)c1nc(Cn2cc(C(F)(F)F)cc(Cl)c2=O)no1. The largest absolute Gasteiger partial charge is 0.417 e.